The van der Waals surface area contributed by atoms with Gasteiger partial charge in [0, 0.05) is 11.4 Å². The second kappa shape index (κ2) is 10.2. The van der Waals surface area contributed by atoms with Crippen molar-refractivity contribution < 1.29 is 0 Å². The summed E-state index contributed by atoms with van der Waals surface area (Å²) in [5.74, 6) is 0. The maximum atomic E-state index is 5.43. The fourth-order valence-corrected chi connectivity index (χ4v) is 1.05. The Hall–Kier alpha value is -1.96. The van der Waals surface area contributed by atoms with E-state index in [1.807, 2.05) is 42.5 Å². The maximum Gasteiger partial charge on any atom is 0.0539 e. The molecule has 0 bridgehead atoms. The highest BCUT2D eigenvalue weighted by Crippen LogP contribution is 2.02. The van der Waals surface area contributed by atoms with Crippen LogP contribution in [-0.2, 0) is 0 Å². The van der Waals surface area contributed by atoms with E-state index in [1.165, 1.54) is 6.42 Å². The molecule has 0 aliphatic heterocycles. The molecule has 3 N–H and O–H groups in total. The van der Waals surface area contributed by atoms with Gasteiger partial charge in [-0.25, -0.2) is 0 Å². The van der Waals surface area contributed by atoms with Crippen LogP contribution in [0.15, 0.2) is 61.0 Å². The van der Waals surface area contributed by atoms with Crippen molar-refractivity contribution in [2.45, 2.75) is 20.3 Å². The Morgan fingerprint density at radius 2 is 1.78 bits per heavy atom. The summed E-state index contributed by atoms with van der Waals surface area (Å²) in [5, 5.41) is 3.05. The van der Waals surface area contributed by atoms with Crippen LogP contribution in [0.5, 0.6) is 0 Å². The Kier molecular flexibility index (Phi) is 9.10. The van der Waals surface area contributed by atoms with Gasteiger partial charge in [-0.05, 0) is 11.6 Å². The molecular weight excluding hydrogens is 220 g/mol. The summed E-state index contributed by atoms with van der Waals surface area (Å²) >= 11 is 0. The fraction of sp³-hybridized carbons (Fsp3) is 0.250. The summed E-state index contributed by atoms with van der Waals surface area (Å²) in [4.78, 5) is 0. The van der Waals surface area contributed by atoms with Crippen LogP contribution in [0.25, 0.3) is 6.08 Å². The van der Waals surface area contributed by atoms with Crippen molar-refractivity contribution in [1.29, 1.82) is 0 Å². The Morgan fingerprint density at radius 3 is 2.28 bits per heavy atom. The summed E-state index contributed by atoms with van der Waals surface area (Å²) in [7, 11) is 0. The Bertz CT molecular complexity index is 377. The summed E-state index contributed by atoms with van der Waals surface area (Å²) in [6.45, 7) is 12.2. The zero-order valence-electron chi connectivity index (χ0n) is 11.4. The molecule has 0 fully saturated rings. The molecule has 0 aliphatic carbocycles. The zero-order valence-corrected chi connectivity index (χ0v) is 11.4. The zero-order chi connectivity index (χ0) is 13.8. The molecule has 0 spiro atoms. The molecule has 0 saturated heterocycles. The Labute approximate surface area is 111 Å². The molecule has 0 atom stereocenters. The van der Waals surface area contributed by atoms with Gasteiger partial charge in [0.25, 0.3) is 0 Å². The molecule has 0 amide bonds. The third-order valence-electron chi connectivity index (χ3n) is 1.82. The van der Waals surface area contributed by atoms with Crippen LogP contribution in [0.4, 0.5) is 0 Å². The molecule has 0 radical (unpaired) electrons. The van der Waals surface area contributed by atoms with E-state index in [1.54, 1.807) is 0 Å². The van der Waals surface area contributed by atoms with E-state index >= 15 is 0 Å². The van der Waals surface area contributed by atoms with Crippen LogP contribution in [0.1, 0.15) is 25.8 Å². The minimum absolute atomic E-state index is 0.554. The highest BCUT2D eigenvalue weighted by atomic mass is 14.9. The van der Waals surface area contributed by atoms with Gasteiger partial charge < -0.3 is 11.1 Å². The number of benzene rings is 1. The molecule has 0 aliphatic rings. The number of nitrogens with one attached hydrogen (secondary N) is 1. The normalized spacial score (nSPS) is 9.44. The number of rotatable bonds is 5. The van der Waals surface area contributed by atoms with Crippen molar-refractivity contribution in [3.8, 4) is 0 Å². The molecule has 0 heterocycles. The molecular formula is C16H24N2. The van der Waals surface area contributed by atoms with Crippen LogP contribution < -0.4 is 11.1 Å². The van der Waals surface area contributed by atoms with Crippen molar-refractivity contribution in [1.82, 2.24) is 5.32 Å². The number of hydrogen-bond donors (Lipinski definition) is 2. The van der Waals surface area contributed by atoms with Crippen molar-refractivity contribution in [2.75, 3.05) is 6.54 Å². The van der Waals surface area contributed by atoms with E-state index < -0.39 is 0 Å². The van der Waals surface area contributed by atoms with Crippen LogP contribution in [-0.4, -0.2) is 6.54 Å². The number of hydrogen-bond acceptors (Lipinski definition) is 2. The molecule has 2 heteroatoms. The lowest BCUT2D eigenvalue weighted by Crippen LogP contribution is -2.17. The summed E-state index contributed by atoms with van der Waals surface area (Å²) in [6, 6.07) is 10.1. The predicted molar refractivity (Wildman–Crippen MR) is 81.9 cm³/mol. The van der Waals surface area contributed by atoms with Gasteiger partial charge in [0.15, 0.2) is 0 Å². The van der Waals surface area contributed by atoms with E-state index in [0.717, 1.165) is 11.3 Å². The molecule has 0 saturated carbocycles. The van der Waals surface area contributed by atoms with Crippen LogP contribution in [0, 0.1) is 0 Å². The standard InChI is InChI=1S/C13H16N2.C3H8/c1-11(14)10-15-12(2)8-9-13-6-4-3-5-7-13;1-3-2/h3-9,15H,1-2,10,14H2;3H2,1-2H3/b9-8+;. The number of nitrogens with two attached hydrogens (primary N) is 1. The SMILES string of the molecule is C=C(N)CNC(=C)/C=C/c1ccccc1.CCC. The second-order valence-corrected chi connectivity index (χ2v) is 3.99. The molecule has 1 aromatic rings. The fourth-order valence-electron chi connectivity index (χ4n) is 1.05. The molecule has 98 valence electrons. The largest absolute Gasteiger partial charge is 0.401 e. The van der Waals surface area contributed by atoms with Crippen LogP contribution in [0.2, 0.25) is 0 Å². The first-order valence-electron chi connectivity index (χ1n) is 6.19. The van der Waals surface area contributed by atoms with Crippen molar-refractivity contribution >= 4 is 6.08 Å². The minimum atomic E-state index is 0.554. The smallest absolute Gasteiger partial charge is 0.0539 e. The average molecular weight is 244 g/mol. The quantitative estimate of drug-likeness (QED) is 0.775. The van der Waals surface area contributed by atoms with Crippen molar-refractivity contribution in [3.05, 3.63) is 66.5 Å². The first-order valence-corrected chi connectivity index (χ1v) is 6.19. The first kappa shape index (κ1) is 16.0. The monoisotopic (exact) mass is 244 g/mol. The maximum absolute atomic E-state index is 5.43. The summed E-state index contributed by atoms with van der Waals surface area (Å²) in [6.07, 6.45) is 5.16. The molecule has 18 heavy (non-hydrogen) atoms. The van der Waals surface area contributed by atoms with Gasteiger partial charge in [-0.15, -0.1) is 0 Å². The van der Waals surface area contributed by atoms with E-state index in [2.05, 4.69) is 32.3 Å². The van der Waals surface area contributed by atoms with Gasteiger partial charge in [-0.1, -0.05) is 69.8 Å². The highest BCUT2D eigenvalue weighted by molar-refractivity contribution is 5.51. The molecule has 0 aromatic heterocycles. The van der Waals surface area contributed by atoms with Crippen LogP contribution >= 0.6 is 0 Å². The average Bonchev–Trinajstić information content (AvgIpc) is 2.36. The highest BCUT2D eigenvalue weighted by Gasteiger charge is 1.88. The first-order chi connectivity index (χ1) is 8.60. The van der Waals surface area contributed by atoms with Crippen LogP contribution in [0.3, 0.4) is 0 Å². The summed E-state index contributed by atoms with van der Waals surface area (Å²) in [5.41, 5.74) is 8.00. The van der Waals surface area contributed by atoms with Gasteiger partial charge in [0.2, 0.25) is 0 Å². The van der Waals surface area contributed by atoms with Crippen molar-refractivity contribution in [3.63, 3.8) is 0 Å². The van der Waals surface area contributed by atoms with E-state index in [4.69, 9.17) is 5.73 Å². The van der Waals surface area contributed by atoms with Gasteiger partial charge >= 0.3 is 0 Å². The Balaban J connectivity index is 0.000000873. The van der Waals surface area contributed by atoms with Crippen molar-refractivity contribution in [2.24, 2.45) is 5.73 Å². The second-order valence-electron chi connectivity index (χ2n) is 3.99. The van der Waals surface area contributed by atoms with E-state index in [-0.39, 0.29) is 0 Å². The van der Waals surface area contributed by atoms with Gasteiger partial charge in [-0.3, -0.25) is 0 Å². The van der Waals surface area contributed by atoms with E-state index in [0.29, 0.717) is 12.2 Å². The molecule has 1 aromatic carbocycles. The lowest BCUT2D eigenvalue weighted by Gasteiger charge is -2.04. The number of allylic oxidation sites excluding steroid dienone is 1. The Morgan fingerprint density at radius 1 is 1.22 bits per heavy atom. The van der Waals surface area contributed by atoms with Gasteiger partial charge in [0.05, 0.1) is 6.54 Å². The van der Waals surface area contributed by atoms with Gasteiger partial charge in [-0.2, -0.15) is 0 Å². The third-order valence-corrected chi connectivity index (χ3v) is 1.82. The lowest BCUT2D eigenvalue weighted by molar-refractivity contribution is 0.893. The van der Waals surface area contributed by atoms with Gasteiger partial charge in [0.1, 0.15) is 0 Å². The van der Waals surface area contributed by atoms with E-state index in [9.17, 15) is 0 Å². The minimum Gasteiger partial charge on any atom is -0.401 e. The summed E-state index contributed by atoms with van der Waals surface area (Å²) < 4.78 is 0. The lowest BCUT2D eigenvalue weighted by atomic mass is 10.2. The molecule has 0 unspecified atom stereocenters. The molecule has 2 nitrogen and oxygen atoms in total. The molecule has 1 rings (SSSR count). The topological polar surface area (TPSA) is 38.0 Å². The predicted octanol–water partition coefficient (Wildman–Crippen LogP) is 3.69. The third kappa shape index (κ3) is 9.28.